The van der Waals surface area contributed by atoms with E-state index in [1.54, 1.807) is 43.3 Å². The van der Waals surface area contributed by atoms with Crippen LogP contribution in [0.1, 0.15) is 34.5 Å². The maximum Gasteiger partial charge on any atom is 0.251 e. The van der Waals surface area contributed by atoms with Crippen molar-refractivity contribution in [2.45, 2.75) is 23.6 Å². The van der Waals surface area contributed by atoms with E-state index in [2.05, 4.69) is 5.32 Å². The molecule has 30 heavy (non-hydrogen) atoms. The highest BCUT2D eigenvalue weighted by molar-refractivity contribution is 7.90. The number of sulfone groups is 1. The minimum absolute atomic E-state index is 0.102. The summed E-state index contributed by atoms with van der Waals surface area (Å²) in [6, 6.07) is 16.3. The maximum atomic E-state index is 13.8. The predicted molar refractivity (Wildman–Crippen MR) is 116 cm³/mol. The van der Waals surface area contributed by atoms with Crippen LogP contribution in [0.15, 0.2) is 71.6 Å². The lowest BCUT2D eigenvalue weighted by Crippen LogP contribution is -2.27. The number of amides is 1. The highest BCUT2D eigenvalue weighted by atomic mass is 35.5. The van der Waals surface area contributed by atoms with E-state index in [-0.39, 0.29) is 26.3 Å². The molecule has 3 rings (SSSR count). The number of hydrogen-bond acceptors (Lipinski definition) is 3. The SMILES string of the molecule is CC(NC(=O)c1cccc(CS(=O)(=O)c2ccccc2)c1)c1cc(F)c(Cl)cc1Cl. The predicted octanol–water partition coefficient (Wildman–Crippen LogP) is 5.60. The molecular weight excluding hydrogens is 448 g/mol. The van der Waals surface area contributed by atoms with E-state index >= 15 is 0 Å². The van der Waals surface area contributed by atoms with E-state index in [0.717, 1.165) is 0 Å². The molecule has 0 radical (unpaired) electrons. The fraction of sp³-hybridized carbons (Fsp3) is 0.136. The first-order chi connectivity index (χ1) is 14.2. The van der Waals surface area contributed by atoms with Gasteiger partial charge in [0.15, 0.2) is 9.84 Å². The van der Waals surface area contributed by atoms with Gasteiger partial charge in [0, 0.05) is 10.6 Å². The molecule has 0 heterocycles. The Hall–Kier alpha value is -2.41. The van der Waals surface area contributed by atoms with Crippen LogP contribution in [-0.2, 0) is 15.6 Å². The number of carbonyl (C=O) groups excluding carboxylic acids is 1. The van der Waals surface area contributed by atoms with E-state index in [4.69, 9.17) is 23.2 Å². The van der Waals surface area contributed by atoms with Crippen LogP contribution in [0.5, 0.6) is 0 Å². The number of benzene rings is 3. The Balaban J connectivity index is 1.77. The van der Waals surface area contributed by atoms with Crippen molar-refractivity contribution in [1.82, 2.24) is 5.32 Å². The summed E-state index contributed by atoms with van der Waals surface area (Å²) < 4.78 is 38.9. The first-order valence-electron chi connectivity index (χ1n) is 8.99. The van der Waals surface area contributed by atoms with Gasteiger partial charge in [0.2, 0.25) is 0 Å². The average Bonchev–Trinajstić information content (AvgIpc) is 2.71. The lowest BCUT2D eigenvalue weighted by atomic mass is 10.1. The third kappa shape index (κ3) is 5.19. The lowest BCUT2D eigenvalue weighted by molar-refractivity contribution is 0.0939. The molecule has 0 aliphatic heterocycles. The first kappa shape index (κ1) is 22.3. The van der Waals surface area contributed by atoms with Gasteiger partial charge in [-0.2, -0.15) is 0 Å². The molecule has 0 aliphatic carbocycles. The van der Waals surface area contributed by atoms with Gasteiger partial charge in [0.05, 0.1) is 21.7 Å². The van der Waals surface area contributed by atoms with E-state index in [9.17, 15) is 17.6 Å². The molecule has 4 nitrogen and oxygen atoms in total. The van der Waals surface area contributed by atoms with Crippen LogP contribution >= 0.6 is 23.2 Å². The van der Waals surface area contributed by atoms with Crippen LogP contribution in [-0.4, -0.2) is 14.3 Å². The zero-order chi connectivity index (χ0) is 21.9. The van der Waals surface area contributed by atoms with Gasteiger partial charge in [-0.1, -0.05) is 53.5 Å². The summed E-state index contributed by atoms with van der Waals surface area (Å²) in [5, 5.41) is 2.87. The summed E-state index contributed by atoms with van der Waals surface area (Å²) in [7, 11) is -3.54. The number of rotatable bonds is 6. The molecule has 3 aromatic rings. The molecule has 1 amide bonds. The third-order valence-corrected chi connectivity index (χ3v) is 6.82. The Kier molecular flexibility index (Phi) is 6.81. The fourth-order valence-electron chi connectivity index (χ4n) is 2.96. The lowest BCUT2D eigenvalue weighted by Gasteiger charge is -2.17. The van der Waals surface area contributed by atoms with Crippen molar-refractivity contribution in [2.24, 2.45) is 0 Å². The van der Waals surface area contributed by atoms with Gasteiger partial charge in [-0.3, -0.25) is 4.79 Å². The van der Waals surface area contributed by atoms with Gasteiger partial charge in [0.1, 0.15) is 5.82 Å². The Morgan fingerprint density at radius 2 is 1.70 bits per heavy atom. The molecule has 0 saturated heterocycles. The molecule has 1 atom stereocenters. The van der Waals surface area contributed by atoms with Gasteiger partial charge in [-0.05, 0) is 54.4 Å². The minimum Gasteiger partial charge on any atom is -0.345 e. The monoisotopic (exact) mass is 465 g/mol. The van der Waals surface area contributed by atoms with Gasteiger partial charge >= 0.3 is 0 Å². The van der Waals surface area contributed by atoms with Crippen LogP contribution in [0.3, 0.4) is 0 Å². The molecule has 0 spiro atoms. The van der Waals surface area contributed by atoms with Crippen molar-refractivity contribution in [3.8, 4) is 0 Å². The summed E-state index contributed by atoms with van der Waals surface area (Å²) in [6.07, 6.45) is 0. The van der Waals surface area contributed by atoms with Crippen molar-refractivity contribution in [3.05, 3.63) is 99.3 Å². The average molecular weight is 466 g/mol. The summed E-state index contributed by atoms with van der Waals surface area (Å²) in [4.78, 5) is 12.9. The second kappa shape index (κ2) is 9.16. The standard InChI is InChI=1S/C22H18Cl2FNO3S/c1-14(18-11-21(25)20(24)12-19(18)23)26-22(27)16-7-5-6-15(10-16)13-30(28,29)17-8-3-2-4-9-17/h2-12,14H,13H2,1H3,(H,26,27). The number of halogens is 3. The molecular formula is C22H18Cl2FNO3S. The number of hydrogen-bond donors (Lipinski definition) is 1. The summed E-state index contributed by atoms with van der Waals surface area (Å²) in [6.45, 7) is 1.66. The molecule has 0 saturated carbocycles. The van der Waals surface area contributed by atoms with Crippen molar-refractivity contribution in [2.75, 3.05) is 0 Å². The van der Waals surface area contributed by atoms with Crippen LogP contribution in [0, 0.1) is 5.82 Å². The van der Waals surface area contributed by atoms with Crippen LogP contribution in [0.4, 0.5) is 4.39 Å². The van der Waals surface area contributed by atoms with Crippen molar-refractivity contribution < 1.29 is 17.6 Å². The Labute approximate surface area is 184 Å². The van der Waals surface area contributed by atoms with Crippen LogP contribution < -0.4 is 5.32 Å². The van der Waals surface area contributed by atoms with E-state index < -0.39 is 27.6 Å². The smallest absolute Gasteiger partial charge is 0.251 e. The molecule has 8 heteroatoms. The number of nitrogens with one attached hydrogen (secondary N) is 1. The molecule has 0 fully saturated rings. The molecule has 1 unspecified atom stereocenters. The second-order valence-corrected chi connectivity index (χ2v) is 9.56. The van der Waals surface area contributed by atoms with Gasteiger partial charge in [0.25, 0.3) is 5.91 Å². The zero-order valence-electron chi connectivity index (χ0n) is 15.9. The topological polar surface area (TPSA) is 63.2 Å². The highest BCUT2D eigenvalue weighted by Crippen LogP contribution is 2.29. The third-order valence-electron chi connectivity index (χ3n) is 4.50. The van der Waals surface area contributed by atoms with E-state index in [0.29, 0.717) is 11.1 Å². The largest absolute Gasteiger partial charge is 0.345 e. The second-order valence-electron chi connectivity index (χ2n) is 6.76. The van der Waals surface area contributed by atoms with Gasteiger partial charge in [-0.15, -0.1) is 0 Å². The van der Waals surface area contributed by atoms with Crippen molar-refractivity contribution >= 4 is 38.9 Å². The molecule has 1 N–H and O–H groups in total. The first-order valence-corrected chi connectivity index (χ1v) is 11.4. The number of carbonyl (C=O) groups is 1. The summed E-state index contributed by atoms with van der Waals surface area (Å²) in [5.41, 5.74) is 1.15. The van der Waals surface area contributed by atoms with Gasteiger partial charge < -0.3 is 5.32 Å². The van der Waals surface area contributed by atoms with Gasteiger partial charge in [-0.25, -0.2) is 12.8 Å². The quantitative estimate of drug-likeness (QED) is 0.482. The Morgan fingerprint density at radius 3 is 2.40 bits per heavy atom. The molecule has 0 bridgehead atoms. The fourth-order valence-corrected chi connectivity index (χ4v) is 4.86. The molecule has 0 aromatic heterocycles. The normalized spacial score (nSPS) is 12.4. The zero-order valence-corrected chi connectivity index (χ0v) is 18.2. The van der Waals surface area contributed by atoms with Crippen LogP contribution in [0.2, 0.25) is 10.0 Å². The molecule has 0 aliphatic rings. The van der Waals surface area contributed by atoms with Crippen molar-refractivity contribution in [1.29, 1.82) is 0 Å². The Morgan fingerprint density at radius 1 is 1.00 bits per heavy atom. The minimum atomic E-state index is -3.54. The van der Waals surface area contributed by atoms with E-state index in [1.807, 2.05) is 0 Å². The maximum absolute atomic E-state index is 13.8. The van der Waals surface area contributed by atoms with E-state index in [1.165, 1.54) is 30.3 Å². The summed E-state index contributed by atoms with van der Waals surface area (Å²) >= 11 is 11.8. The van der Waals surface area contributed by atoms with Crippen molar-refractivity contribution in [3.63, 3.8) is 0 Å². The molecule has 3 aromatic carbocycles. The Bertz CT molecular complexity index is 1180. The highest BCUT2D eigenvalue weighted by Gasteiger charge is 2.18. The van der Waals surface area contributed by atoms with Crippen LogP contribution in [0.25, 0.3) is 0 Å². The molecule has 156 valence electrons. The summed E-state index contributed by atoms with van der Waals surface area (Å²) in [5.74, 6) is -1.31.